The van der Waals surface area contributed by atoms with Gasteiger partial charge in [-0.2, -0.15) is 0 Å². The molecule has 0 bridgehead atoms. The van der Waals surface area contributed by atoms with Gasteiger partial charge in [-0.15, -0.1) is 0 Å². The van der Waals surface area contributed by atoms with Gasteiger partial charge in [0, 0.05) is 18.0 Å². The van der Waals surface area contributed by atoms with Gasteiger partial charge in [0.05, 0.1) is 5.75 Å². The highest BCUT2D eigenvalue weighted by molar-refractivity contribution is 7.89. The molecule has 4 nitrogen and oxygen atoms in total. The van der Waals surface area contributed by atoms with Crippen molar-refractivity contribution < 1.29 is 8.42 Å². The molecule has 0 heterocycles. The molecule has 2 aliphatic rings. The first kappa shape index (κ1) is 15.0. The highest BCUT2D eigenvalue weighted by Crippen LogP contribution is 2.41. The van der Waals surface area contributed by atoms with E-state index >= 15 is 0 Å². The summed E-state index contributed by atoms with van der Waals surface area (Å²) in [5.41, 5.74) is 1.24. The fourth-order valence-corrected chi connectivity index (χ4v) is 4.12. The van der Waals surface area contributed by atoms with Gasteiger partial charge in [0.1, 0.15) is 0 Å². The summed E-state index contributed by atoms with van der Waals surface area (Å²) in [5, 5.41) is 3.41. The van der Waals surface area contributed by atoms with E-state index in [0.717, 1.165) is 25.8 Å². The lowest BCUT2D eigenvalue weighted by Gasteiger charge is -2.07. The van der Waals surface area contributed by atoms with Crippen molar-refractivity contribution in [1.82, 2.24) is 10.0 Å². The first-order chi connectivity index (χ1) is 10.1. The molecular formula is C16H24N2O2S. The molecule has 116 valence electrons. The maximum Gasteiger partial charge on any atom is 0.211 e. The highest BCUT2D eigenvalue weighted by Gasteiger charge is 2.40. The van der Waals surface area contributed by atoms with Crippen LogP contribution < -0.4 is 10.0 Å². The van der Waals surface area contributed by atoms with Gasteiger partial charge in [-0.25, -0.2) is 13.1 Å². The first-order valence-corrected chi connectivity index (χ1v) is 9.57. The highest BCUT2D eigenvalue weighted by atomic mass is 32.2. The fourth-order valence-electron chi connectivity index (χ4n) is 2.69. The molecule has 1 aromatic carbocycles. The van der Waals surface area contributed by atoms with Crippen LogP contribution in [0.4, 0.5) is 0 Å². The molecule has 5 heteroatoms. The van der Waals surface area contributed by atoms with Crippen molar-refractivity contribution in [3.05, 3.63) is 35.9 Å². The molecule has 0 aromatic heterocycles. The quantitative estimate of drug-likeness (QED) is 0.686. The van der Waals surface area contributed by atoms with Gasteiger partial charge in [-0.1, -0.05) is 30.3 Å². The Balaban J connectivity index is 1.36. The van der Waals surface area contributed by atoms with Crippen molar-refractivity contribution in [2.45, 2.75) is 50.1 Å². The van der Waals surface area contributed by atoms with Crippen molar-refractivity contribution >= 4 is 10.0 Å². The summed E-state index contributed by atoms with van der Waals surface area (Å²) in [4.78, 5) is 0. The second-order valence-corrected chi connectivity index (χ2v) is 8.11. The van der Waals surface area contributed by atoms with Crippen LogP contribution in [0.1, 0.15) is 43.6 Å². The number of nitrogens with one attached hydrogen (secondary N) is 2. The molecule has 0 amide bonds. The molecule has 2 N–H and O–H groups in total. The van der Waals surface area contributed by atoms with E-state index < -0.39 is 10.0 Å². The van der Waals surface area contributed by atoms with Crippen molar-refractivity contribution in [2.24, 2.45) is 0 Å². The maximum absolute atomic E-state index is 12.0. The molecule has 1 aromatic rings. The van der Waals surface area contributed by atoms with Gasteiger partial charge in [0.15, 0.2) is 0 Å². The summed E-state index contributed by atoms with van der Waals surface area (Å²) in [5.74, 6) is 0.606. The molecule has 2 aliphatic carbocycles. The average Bonchev–Trinajstić information content (AvgIpc) is 3.35. The smallest absolute Gasteiger partial charge is 0.211 e. The average molecular weight is 308 g/mol. The number of benzene rings is 1. The van der Waals surface area contributed by atoms with E-state index in [-0.39, 0.29) is 11.8 Å². The van der Waals surface area contributed by atoms with E-state index in [1.54, 1.807) is 0 Å². The van der Waals surface area contributed by atoms with Crippen LogP contribution in [-0.2, 0) is 10.0 Å². The number of unbranched alkanes of at least 4 members (excludes halogenated alkanes) is 1. The normalized spacial score (nSPS) is 25.0. The third-order valence-electron chi connectivity index (χ3n) is 4.20. The van der Waals surface area contributed by atoms with Gasteiger partial charge in [0.2, 0.25) is 10.0 Å². The number of hydrogen-bond acceptors (Lipinski definition) is 3. The molecule has 0 radical (unpaired) electrons. The van der Waals surface area contributed by atoms with Crippen molar-refractivity contribution in [2.75, 3.05) is 12.3 Å². The minimum atomic E-state index is -3.12. The van der Waals surface area contributed by atoms with Gasteiger partial charge in [0.25, 0.3) is 0 Å². The van der Waals surface area contributed by atoms with Gasteiger partial charge in [-0.3, -0.25) is 0 Å². The lowest BCUT2D eigenvalue weighted by Crippen LogP contribution is -2.29. The van der Waals surface area contributed by atoms with Crippen LogP contribution in [0.25, 0.3) is 0 Å². The molecule has 0 spiro atoms. The van der Waals surface area contributed by atoms with Crippen LogP contribution in [0, 0.1) is 0 Å². The van der Waals surface area contributed by atoms with E-state index in [4.69, 9.17) is 0 Å². The van der Waals surface area contributed by atoms with E-state index in [9.17, 15) is 8.42 Å². The first-order valence-electron chi connectivity index (χ1n) is 7.92. The summed E-state index contributed by atoms with van der Waals surface area (Å²) < 4.78 is 26.9. The molecule has 3 rings (SSSR count). The Hall–Kier alpha value is -0.910. The molecule has 21 heavy (non-hydrogen) atoms. The number of rotatable bonds is 9. The summed E-state index contributed by atoms with van der Waals surface area (Å²) in [6.45, 7) is 0.941. The molecule has 2 atom stereocenters. The minimum absolute atomic E-state index is 0.0991. The van der Waals surface area contributed by atoms with Gasteiger partial charge < -0.3 is 5.32 Å². The second kappa shape index (κ2) is 6.46. The molecule has 0 aliphatic heterocycles. The zero-order valence-corrected chi connectivity index (χ0v) is 13.1. The molecule has 2 fully saturated rings. The summed E-state index contributed by atoms with van der Waals surface area (Å²) in [7, 11) is -3.12. The van der Waals surface area contributed by atoms with Gasteiger partial charge in [-0.05, 0) is 44.2 Å². The molecule has 2 saturated carbocycles. The lowest BCUT2D eigenvalue weighted by molar-refractivity contribution is 0.571. The van der Waals surface area contributed by atoms with Crippen LogP contribution in [-0.4, -0.2) is 32.8 Å². The number of sulfonamides is 1. The van der Waals surface area contributed by atoms with Crippen LogP contribution >= 0.6 is 0 Å². The second-order valence-electron chi connectivity index (χ2n) is 6.23. The Kier molecular flexibility index (Phi) is 4.62. The fraction of sp³-hybridized carbons (Fsp3) is 0.625. The summed E-state index contributed by atoms with van der Waals surface area (Å²) >= 11 is 0. The SMILES string of the molecule is O=S(=O)(CCCCNC1CC1)NC1CC1c1ccccc1. The Bertz CT molecular complexity index is 555. The third-order valence-corrected chi connectivity index (χ3v) is 5.69. The topological polar surface area (TPSA) is 58.2 Å². The third kappa shape index (κ3) is 4.80. The van der Waals surface area contributed by atoms with Gasteiger partial charge >= 0.3 is 0 Å². The Morgan fingerprint density at radius 1 is 1.10 bits per heavy atom. The Labute approximate surface area is 127 Å². The van der Waals surface area contributed by atoms with Crippen LogP contribution in [0.15, 0.2) is 30.3 Å². The van der Waals surface area contributed by atoms with Crippen molar-refractivity contribution in [1.29, 1.82) is 0 Å². The van der Waals surface area contributed by atoms with Crippen molar-refractivity contribution in [3.63, 3.8) is 0 Å². The molecule has 0 saturated heterocycles. The van der Waals surface area contributed by atoms with Crippen LogP contribution in [0.3, 0.4) is 0 Å². The van der Waals surface area contributed by atoms with Crippen LogP contribution in [0.5, 0.6) is 0 Å². The van der Waals surface area contributed by atoms with E-state index in [2.05, 4.69) is 22.2 Å². The van der Waals surface area contributed by atoms with E-state index in [1.165, 1.54) is 18.4 Å². The predicted octanol–water partition coefficient (Wildman–Crippen LogP) is 1.99. The predicted molar refractivity (Wildman–Crippen MR) is 84.8 cm³/mol. The summed E-state index contributed by atoms with van der Waals surface area (Å²) in [6.07, 6.45) is 5.15. The molecular weight excluding hydrogens is 284 g/mol. The standard InChI is InChI=1S/C16H24N2O2S/c19-21(20,11-5-4-10-17-14-8-9-14)18-16-12-15(16)13-6-2-1-3-7-13/h1-3,6-7,14-18H,4-5,8-12H2. The molecule has 2 unspecified atom stereocenters. The lowest BCUT2D eigenvalue weighted by atomic mass is 10.1. The Morgan fingerprint density at radius 3 is 2.57 bits per heavy atom. The number of hydrogen-bond donors (Lipinski definition) is 2. The Morgan fingerprint density at radius 2 is 1.86 bits per heavy atom. The van der Waals surface area contributed by atoms with E-state index in [0.29, 0.717) is 12.0 Å². The van der Waals surface area contributed by atoms with E-state index in [1.807, 2.05) is 18.2 Å². The monoisotopic (exact) mass is 308 g/mol. The minimum Gasteiger partial charge on any atom is -0.314 e. The summed E-state index contributed by atoms with van der Waals surface area (Å²) in [6, 6.07) is 10.9. The van der Waals surface area contributed by atoms with Crippen molar-refractivity contribution in [3.8, 4) is 0 Å². The zero-order valence-electron chi connectivity index (χ0n) is 12.3. The largest absolute Gasteiger partial charge is 0.314 e. The zero-order chi connectivity index (χ0) is 14.7. The maximum atomic E-state index is 12.0. The van der Waals surface area contributed by atoms with Crippen LogP contribution in [0.2, 0.25) is 0 Å².